The number of esters is 1. The van der Waals surface area contributed by atoms with Crippen LogP contribution in [-0.4, -0.2) is 94.0 Å². The second-order valence-electron chi connectivity index (χ2n) is 16.5. The molecular formula is C39H52N8O6. The average molecular weight is 729 g/mol. The molecule has 4 aliphatic rings. The van der Waals surface area contributed by atoms with Gasteiger partial charge in [0.25, 0.3) is 0 Å². The number of rotatable bonds is 8. The summed E-state index contributed by atoms with van der Waals surface area (Å²) in [7, 11) is 0. The van der Waals surface area contributed by atoms with Gasteiger partial charge in [-0.2, -0.15) is 0 Å². The van der Waals surface area contributed by atoms with Crippen LogP contribution >= 0.6 is 0 Å². The van der Waals surface area contributed by atoms with E-state index in [-0.39, 0.29) is 43.0 Å². The van der Waals surface area contributed by atoms with Gasteiger partial charge < -0.3 is 35.2 Å². The number of hydrogen-bond acceptors (Lipinski definition) is 11. The van der Waals surface area contributed by atoms with Gasteiger partial charge in [-0.3, -0.25) is 19.1 Å². The highest BCUT2D eigenvalue weighted by Crippen LogP contribution is 2.69. The summed E-state index contributed by atoms with van der Waals surface area (Å²) in [4.78, 5) is 56.3. The van der Waals surface area contributed by atoms with Gasteiger partial charge in [0.15, 0.2) is 22.8 Å². The predicted molar refractivity (Wildman–Crippen MR) is 197 cm³/mol. The van der Waals surface area contributed by atoms with Gasteiger partial charge >= 0.3 is 5.97 Å². The quantitative estimate of drug-likeness (QED) is 0.151. The molecule has 3 aromatic heterocycles. The molecule has 14 nitrogen and oxygen atoms in total. The molecule has 9 atom stereocenters. The lowest BCUT2D eigenvalue weighted by molar-refractivity contribution is -0.252. The number of hydrogen-bond donors (Lipinski definition) is 4. The van der Waals surface area contributed by atoms with E-state index in [0.29, 0.717) is 54.8 Å². The van der Waals surface area contributed by atoms with Crippen molar-refractivity contribution < 1.29 is 29.3 Å². The smallest absolute Gasteiger partial charge is 0.328 e. The summed E-state index contributed by atoms with van der Waals surface area (Å²) >= 11 is 0. The summed E-state index contributed by atoms with van der Waals surface area (Å²) < 4.78 is 9.60. The van der Waals surface area contributed by atoms with Crippen LogP contribution in [0.25, 0.3) is 11.2 Å². The maximum absolute atomic E-state index is 13.7. The maximum Gasteiger partial charge on any atom is 0.328 e. The molecule has 53 heavy (non-hydrogen) atoms. The fourth-order valence-corrected chi connectivity index (χ4v) is 10.2. The van der Waals surface area contributed by atoms with Crippen LogP contribution in [0, 0.1) is 28.1 Å². The molecule has 3 aromatic rings. The van der Waals surface area contributed by atoms with Crippen LogP contribution in [0.5, 0.6) is 0 Å². The van der Waals surface area contributed by atoms with Crippen LogP contribution in [0.2, 0.25) is 0 Å². The van der Waals surface area contributed by atoms with Crippen molar-refractivity contribution in [3.8, 4) is 0 Å². The molecule has 4 heterocycles. The number of ether oxygens (including phenoxy) is 1. The van der Waals surface area contributed by atoms with E-state index in [1.54, 1.807) is 52.2 Å². The molecule has 14 heteroatoms. The summed E-state index contributed by atoms with van der Waals surface area (Å²) in [5.74, 6) is -0.720. The number of nitrogens with zero attached hydrogens (tertiary/aromatic N) is 6. The molecule has 2 bridgehead atoms. The number of aliphatic hydroxyl groups is 2. The number of ketones is 2. The Bertz CT molecular complexity index is 1960. The normalized spacial score (nSPS) is 35.3. The number of nitrogens with one attached hydrogen (secondary N) is 1. The second-order valence-corrected chi connectivity index (χ2v) is 16.5. The van der Waals surface area contributed by atoms with Gasteiger partial charge in [-0.25, -0.2) is 15.0 Å². The minimum absolute atomic E-state index is 0.0180. The van der Waals surface area contributed by atoms with Crippen LogP contribution in [0.4, 0.5) is 5.82 Å². The minimum Gasteiger partial charge on any atom is -0.457 e. The molecule has 3 saturated carbocycles. The van der Waals surface area contributed by atoms with E-state index in [4.69, 9.17) is 10.5 Å². The van der Waals surface area contributed by atoms with E-state index in [1.165, 1.54) is 6.33 Å². The minimum atomic E-state index is -1.16. The van der Waals surface area contributed by atoms with Gasteiger partial charge in [-0.05, 0) is 68.6 Å². The van der Waals surface area contributed by atoms with Crippen molar-refractivity contribution >= 4 is 34.5 Å². The molecule has 9 unspecified atom stereocenters. The fraction of sp³-hybridized carbons (Fsp3) is 0.590. The number of anilines is 1. The van der Waals surface area contributed by atoms with Gasteiger partial charge in [0.1, 0.15) is 24.3 Å². The predicted octanol–water partition coefficient (Wildman–Crippen LogP) is 3.52. The number of nitrogens with two attached hydrogens (primary N) is 1. The number of H-pyrrole nitrogens is 1. The fourth-order valence-electron chi connectivity index (χ4n) is 10.2. The van der Waals surface area contributed by atoms with Crippen LogP contribution in [-0.2, 0) is 27.4 Å². The third kappa shape index (κ3) is 5.98. The molecule has 5 N–H and O–H groups in total. The number of carbonyl (C=O) groups is 3. The molecule has 7 rings (SSSR count). The van der Waals surface area contributed by atoms with Gasteiger partial charge in [-0.1, -0.05) is 26.8 Å². The van der Waals surface area contributed by atoms with Crippen LogP contribution in [0.1, 0.15) is 76.6 Å². The Hall–Kier alpha value is -4.40. The first-order valence-electron chi connectivity index (χ1n) is 18.7. The van der Waals surface area contributed by atoms with Crippen LogP contribution in [0.3, 0.4) is 0 Å². The standard InChI is InChI=1S/C39H52N8O6/c1-6-36(3)18-29(50)38(5)32-27(48)9-12-39(32,24(2)33(36)52)14-13-37(38,4)53-30(51)21-47-16-7-8-25(10-15-44-47)28(49)20-46-23-43-31-34(41-22-42-35(31)46)45-17-11-26(40)19-45/h6-8,10,15-16,22-24,26,29,32-33,44,50,52H,1,9,11-14,17-21,40H2,2-5H3. The number of aromatic amines is 1. The molecule has 284 valence electrons. The van der Waals surface area contributed by atoms with Gasteiger partial charge in [0.05, 0.1) is 25.1 Å². The molecule has 3 aliphatic carbocycles. The largest absolute Gasteiger partial charge is 0.457 e. The first kappa shape index (κ1) is 36.9. The van der Waals surface area contributed by atoms with E-state index in [0.717, 1.165) is 13.0 Å². The zero-order valence-electron chi connectivity index (χ0n) is 31.1. The monoisotopic (exact) mass is 728 g/mol. The zero-order chi connectivity index (χ0) is 37.9. The zero-order valence-corrected chi connectivity index (χ0v) is 31.1. The first-order valence-corrected chi connectivity index (χ1v) is 18.7. The van der Waals surface area contributed by atoms with E-state index in [9.17, 15) is 24.6 Å². The number of Topliss-reactive ketones (excluding diaryl/α,β-unsaturated/α-hetero) is 2. The summed E-state index contributed by atoms with van der Waals surface area (Å²) in [6.45, 7) is 13.0. The van der Waals surface area contributed by atoms with Gasteiger partial charge in [0.2, 0.25) is 0 Å². The first-order chi connectivity index (χ1) is 25.2. The summed E-state index contributed by atoms with van der Waals surface area (Å²) in [6, 6.07) is 5.07. The van der Waals surface area contributed by atoms with Crippen molar-refractivity contribution in [1.82, 2.24) is 29.3 Å². The third-order valence-electron chi connectivity index (χ3n) is 13.6. The van der Waals surface area contributed by atoms with E-state index < -0.39 is 45.9 Å². The number of fused-ring (bicyclic) bond motifs is 1. The highest BCUT2D eigenvalue weighted by molar-refractivity contribution is 5.96. The SMILES string of the molecule is C=CC1(C)CC(O)C2(C)C3C(=O)CCC3(CCC2(C)OC(=O)Cn2cccc(C(=O)Cn3cnc4c(N5CCC(N)C5)ncnc43)cc[nH]2)C(C)C1O. The second kappa shape index (κ2) is 13.5. The van der Waals surface area contributed by atoms with Crippen molar-refractivity contribution in [2.45, 2.75) is 103 Å². The average Bonchev–Trinajstić information content (AvgIpc) is 3.83. The van der Waals surface area contributed by atoms with Crippen molar-refractivity contribution in [3.05, 3.63) is 61.5 Å². The molecule has 1 aliphatic heterocycles. The molecule has 1 saturated heterocycles. The topological polar surface area (TPSA) is 194 Å². The number of aliphatic hydroxyl groups excluding tert-OH is 2. The summed E-state index contributed by atoms with van der Waals surface area (Å²) in [5, 5.41) is 26.7. The van der Waals surface area contributed by atoms with Crippen molar-refractivity contribution in [1.29, 1.82) is 0 Å². The Labute approximate surface area is 309 Å². The molecule has 0 amide bonds. The third-order valence-corrected chi connectivity index (χ3v) is 13.6. The summed E-state index contributed by atoms with van der Waals surface area (Å²) in [6.07, 6.45) is 9.28. The van der Waals surface area contributed by atoms with Gasteiger partial charge in [0, 0.05) is 60.3 Å². The Balaban J connectivity index is 1.07. The van der Waals surface area contributed by atoms with Crippen LogP contribution in [0.15, 0.2) is 55.9 Å². The molecule has 0 spiro atoms. The van der Waals surface area contributed by atoms with Crippen molar-refractivity contribution in [2.75, 3.05) is 18.0 Å². The van der Waals surface area contributed by atoms with Crippen molar-refractivity contribution in [3.63, 3.8) is 0 Å². The van der Waals surface area contributed by atoms with Crippen molar-refractivity contribution in [2.24, 2.45) is 33.8 Å². The summed E-state index contributed by atoms with van der Waals surface area (Å²) in [5.41, 5.74) is 4.16. The van der Waals surface area contributed by atoms with Crippen LogP contribution < -0.4 is 10.6 Å². The molecule has 0 aromatic carbocycles. The lowest BCUT2D eigenvalue weighted by Crippen LogP contribution is -2.69. The lowest BCUT2D eigenvalue weighted by Gasteiger charge is -2.64. The maximum atomic E-state index is 13.7. The highest BCUT2D eigenvalue weighted by atomic mass is 16.6. The Morgan fingerprint density at radius 3 is 2.66 bits per heavy atom. The molecule has 4 fully saturated rings. The lowest BCUT2D eigenvalue weighted by atomic mass is 9.42. The Morgan fingerprint density at radius 2 is 1.92 bits per heavy atom. The molecule has 0 radical (unpaired) electrons. The van der Waals surface area contributed by atoms with E-state index >= 15 is 0 Å². The number of carbonyl (C=O) groups excluding carboxylic acids is 3. The highest BCUT2D eigenvalue weighted by Gasteiger charge is 2.72. The van der Waals surface area contributed by atoms with E-state index in [1.807, 2.05) is 27.7 Å². The number of aromatic nitrogens is 6. The Morgan fingerprint density at radius 1 is 1.13 bits per heavy atom. The molecular weight excluding hydrogens is 676 g/mol. The number of imidazole rings is 1. The Kier molecular flexibility index (Phi) is 9.39. The van der Waals surface area contributed by atoms with Gasteiger partial charge in [-0.15, -0.1) is 6.58 Å². The van der Waals surface area contributed by atoms with E-state index in [2.05, 4.69) is 31.5 Å².